The number of benzene rings is 1. The third kappa shape index (κ3) is 3.65. The summed E-state index contributed by atoms with van der Waals surface area (Å²) < 4.78 is 0. The van der Waals surface area contributed by atoms with E-state index in [0.29, 0.717) is 13.1 Å². The largest absolute Gasteiger partial charge is 0.340 e. The second-order valence-electron chi connectivity index (χ2n) is 4.63. The molecule has 1 rings (SSSR count). The second-order valence-corrected chi connectivity index (χ2v) is 4.63. The molecule has 1 amide bonds. The van der Waals surface area contributed by atoms with Gasteiger partial charge in [-0.15, -0.1) is 0 Å². The molecule has 0 heterocycles. The maximum Gasteiger partial charge on any atom is 0.294 e. The van der Waals surface area contributed by atoms with Gasteiger partial charge in [0.15, 0.2) is 0 Å². The SMILES string of the molecule is CN(C)CCN(C)C(=O)c1cccc([N+](=O)[O-])c1NN. The Kier molecular flexibility index (Phi) is 5.42. The number of nitrogens with zero attached hydrogens (tertiary/aromatic N) is 3. The first-order chi connectivity index (χ1) is 9.38. The number of para-hydroxylation sites is 1. The summed E-state index contributed by atoms with van der Waals surface area (Å²) in [7, 11) is 5.45. The Bertz CT molecular complexity index is 504. The van der Waals surface area contributed by atoms with Gasteiger partial charge in [0.1, 0.15) is 5.69 Å². The third-order valence-corrected chi connectivity index (χ3v) is 2.84. The van der Waals surface area contributed by atoms with E-state index in [2.05, 4.69) is 5.43 Å². The van der Waals surface area contributed by atoms with Gasteiger partial charge in [-0.2, -0.15) is 0 Å². The average Bonchev–Trinajstić information content (AvgIpc) is 2.42. The molecule has 0 spiro atoms. The lowest BCUT2D eigenvalue weighted by molar-refractivity contribution is -0.384. The maximum absolute atomic E-state index is 12.3. The van der Waals surface area contributed by atoms with Gasteiger partial charge in [0.2, 0.25) is 0 Å². The summed E-state index contributed by atoms with van der Waals surface area (Å²) in [6.45, 7) is 1.21. The molecule has 0 saturated carbocycles. The summed E-state index contributed by atoms with van der Waals surface area (Å²) in [6.07, 6.45) is 0. The Balaban J connectivity index is 3.03. The van der Waals surface area contributed by atoms with Gasteiger partial charge in [-0.3, -0.25) is 20.8 Å². The number of nitrogen functional groups attached to an aromatic ring is 1. The van der Waals surface area contributed by atoms with Crippen LogP contribution >= 0.6 is 0 Å². The molecule has 8 nitrogen and oxygen atoms in total. The molecule has 0 fully saturated rings. The number of nitrogens with one attached hydrogen (secondary N) is 1. The Morgan fingerprint density at radius 2 is 2.00 bits per heavy atom. The number of amides is 1. The molecule has 3 N–H and O–H groups in total. The van der Waals surface area contributed by atoms with Crippen molar-refractivity contribution >= 4 is 17.3 Å². The number of nitrogens with two attached hydrogens (primary N) is 1. The zero-order valence-electron chi connectivity index (χ0n) is 11.8. The van der Waals surface area contributed by atoms with Crippen LogP contribution in [-0.4, -0.2) is 54.9 Å². The molecule has 0 bridgehead atoms. The van der Waals surface area contributed by atoms with Crippen molar-refractivity contribution < 1.29 is 9.72 Å². The Morgan fingerprint density at radius 3 is 2.50 bits per heavy atom. The van der Waals surface area contributed by atoms with Crippen molar-refractivity contribution in [2.75, 3.05) is 39.7 Å². The Labute approximate surface area is 117 Å². The predicted octanol–water partition coefficient (Wildman–Crippen LogP) is 0.514. The highest BCUT2D eigenvalue weighted by Crippen LogP contribution is 2.28. The molecule has 0 unspecified atom stereocenters. The summed E-state index contributed by atoms with van der Waals surface area (Å²) >= 11 is 0. The van der Waals surface area contributed by atoms with Gasteiger partial charge >= 0.3 is 0 Å². The molecule has 1 aromatic rings. The smallest absolute Gasteiger partial charge is 0.294 e. The van der Waals surface area contributed by atoms with Crippen LogP contribution in [0.5, 0.6) is 0 Å². The first-order valence-electron chi connectivity index (χ1n) is 6.02. The van der Waals surface area contributed by atoms with E-state index in [4.69, 9.17) is 5.84 Å². The molecule has 0 radical (unpaired) electrons. The molecule has 0 aliphatic carbocycles. The van der Waals surface area contributed by atoms with E-state index < -0.39 is 4.92 Å². The number of nitro groups is 1. The van der Waals surface area contributed by atoms with Crippen LogP contribution in [0.3, 0.4) is 0 Å². The highest BCUT2D eigenvalue weighted by molar-refractivity contribution is 6.01. The number of rotatable bonds is 6. The van der Waals surface area contributed by atoms with Crippen molar-refractivity contribution in [2.24, 2.45) is 5.84 Å². The van der Waals surface area contributed by atoms with E-state index in [1.807, 2.05) is 19.0 Å². The zero-order valence-corrected chi connectivity index (χ0v) is 11.8. The molecule has 0 aliphatic rings. The van der Waals surface area contributed by atoms with E-state index in [0.717, 1.165) is 0 Å². The van der Waals surface area contributed by atoms with Crippen LogP contribution < -0.4 is 11.3 Å². The fourth-order valence-corrected chi connectivity index (χ4v) is 1.68. The summed E-state index contributed by atoms with van der Waals surface area (Å²) in [5.41, 5.74) is 2.23. The number of likely N-dealkylation sites (N-methyl/N-ethyl adjacent to an activating group) is 2. The minimum atomic E-state index is -0.578. The van der Waals surface area contributed by atoms with Gasteiger partial charge < -0.3 is 15.2 Å². The number of anilines is 1. The lowest BCUT2D eigenvalue weighted by atomic mass is 10.1. The molecule has 8 heteroatoms. The molecular formula is C12H19N5O3. The van der Waals surface area contributed by atoms with Crippen LogP contribution in [0.25, 0.3) is 0 Å². The highest BCUT2D eigenvalue weighted by Gasteiger charge is 2.22. The number of hydrogen-bond acceptors (Lipinski definition) is 6. The molecule has 0 atom stereocenters. The van der Waals surface area contributed by atoms with Crippen molar-refractivity contribution in [3.63, 3.8) is 0 Å². The highest BCUT2D eigenvalue weighted by atomic mass is 16.6. The molecule has 0 aliphatic heterocycles. The minimum absolute atomic E-state index is 0.0270. The fourth-order valence-electron chi connectivity index (χ4n) is 1.68. The Hall–Kier alpha value is -2.19. The van der Waals surface area contributed by atoms with E-state index in [1.54, 1.807) is 7.05 Å². The van der Waals surface area contributed by atoms with Crippen LogP contribution in [0, 0.1) is 10.1 Å². The van der Waals surface area contributed by atoms with Crippen LogP contribution in [-0.2, 0) is 0 Å². The lowest BCUT2D eigenvalue weighted by Crippen LogP contribution is -2.34. The monoisotopic (exact) mass is 281 g/mol. The molecule has 0 saturated heterocycles. The van der Waals surface area contributed by atoms with Crippen LogP contribution in [0.2, 0.25) is 0 Å². The zero-order chi connectivity index (χ0) is 15.3. The summed E-state index contributed by atoms with van der Waals surface area (Å²) in [5, 5.41) is 10.9. The number of carbonyl (C=O) groups is 1. The van der Waals surface area contributed by atoms with Crippen molar-refractivity contribution in [1.82, 2.24) is 9.80 Å². The Morgan fingerprint density at radius 1 is 1.35 bits per heavy atom. The molecule has 110 valence electrons. The summed E-state index contributed by atoms with van der Waals surface area (Å²) in [4.78, 5) is 26.1. The van der Waals surface area contributed by atoms with Crippen LogP contribution in [0.15, 0.2) is 18.2 Å². The normalized spacial score (nSPS) is 10.4. The predicted molar refractivity (Wildman–Crippen MR) is 76.4 cm³/mol. The maximum atomic E-state index is 12.3. The number of nitro benzene ring substituents is 1. The first kappa shape index (κ1) is 15.9. The van der Waals surface area contributed by atoms with E-state index in [9.17, 15) is 14.9 Å². The lowest BCUT2D eigenvalue weighted by Gasteiger charge is -2.20. The van der Waals surface area contributed by atoms with Gasteiger partial charge in [0.25, 0.3) is 11.6 Å². The second kappa shape index (κ2) is 6.83. The van der Waals surface area contributed by atoms with Crippen LogP contribution in [0.1, 0.15) is 10.4 Å². The first-order valence-corrected chi connectivity index (χ1v) is 6.02. The quantitative estimate of drug-likeness (QED) is 0.447. The van der Waals surface area contributed by atoms with Gasteiger partial charge in [-0.1, -0.05) is 6.07 Å². The van der Waals surface area contributed by atoms with Gasteiger partial charge in [-0.25, -0.2) is 0 Å². The van der Waals surface area contributed by atoms with Crippen molar-refractivity contribution in [2.45, 2.75) is 0 Å². The molecular weight excluding hydrogens is 262 g/mol. The average molecular weight is 281 g/mol. The van der Waals surface area contributed by atoms with Gasteiger partial charge in [0.05, 0.1) is 10.5 Å². The van der Waals surface area contributed by atoms with E-state index in [1.165, 1.54) is 23.1 Å². The van der Waals surface area contributed by atoms with Gasteiger partial charge in [0, 0.05) is 26.2 Å². The number of hydrogen-bond donors (Lipinski definition) is 2. The third-order valence-electron chi connectivity index (χ3n) is 2.84. The summed E-state index contributed by atoms with van der Waals surface area (Å²) in [5.74, 6) is 5.00. The van der Waals surface area contributed by atoms with Crippen molar-refractivity contribution in [3.05, 3.63) is 33.9 Å². The van der Waals surface area contributed by atoms with Crippen molar-refractivity contribution in [3.8, 4) is 0 Å². The van der Waals surface area contributed by atoms with Crippen molar-refractivity contribution in [1.29, 1.82) is 0 Å². The molecule has 0 aromatic heterocycles. The van der Waals surface area contributed by atoms with Gasteiger partial charge in [-0.05, 0) is 20.2 Å². The van der Waals surface area contributed by atoms with Crippen LogP contribution in [0.4, 0.5) is 11.4 Å². The summed E-state index contributed by atoms with van der Waals surface area (Å²) in [6, 6.07) is 4.27. The van der Waals surface area contributed by atoms with E-state index >= 15 is 0 Å². The topological polar surface area (TPSA) is 105 Å². The molecule has 1 aromatic carbocycles. The molecule has 20 heavy (non-hydrogen) atoms. The number of hydrazine groups is 1. The fraction of sp³-hybridized carbons (Fsp3) is 0.417. The standard InChI is InChI=1S/C12H19N5O3/c1-15(2)7-8-16(3)12(18)9-5-4-6-10(17(19)20)11(9)14-13/h4-6,14H,7-8,13H2,1-3H3. The van der Waals surface area contributed by atoms with E-state index in [-0.39, 0.29) is 22.8 Å². The minimum Gasteiger partial charge on any atom is -0.340 e. The number of carbonyl (C=O) groups excluding carboxylic acids is 1.